The highest BCUT2D eigenvalue weighted by atomic mass is 16.3. The summed E-state index contributed by atoms with van der Waals surface area (Å²) in [5.74, 6) is -0.949. The third-order valence-corrected chi connectivity index (χ3v) is 3.79. The van der Waals surface area contributed by atoms with E-state index in [0.717, 1.165) is 26.2 Å². The Morgan fingerprint density at radius 3 is 2.20 bits per heavy atom. The zero-order chi connectivity index (χ0) is 14.9. The number of phenolic OH excluding ortho intramolecular Hbond substituents is 3. The van der Waals surface area contributed by atoms with E-state index in [1.54, 1.807) is 6.07 Å². The van der Waals surface area contributed by atoms with Crippen LogP contribution < -0.4 is 5.32 Å². The molecule has 1 aliphatic heterocycles. The van der Waals surface area contributed by atoms with Crippen molar-refractivity contribution in [3.05, 3.63) is 17.7 Å². The Balaban J connectivity index is 2.44. The molecule has 0 saturated carbocycles. The second-order valence-electron chi connectivity index (χ2n) is 6.43. The molecule has 1 aliphatic rings. The average Bonchev–Trinajstić information content (AvgIpc) is 2.39. The summed E-state index contributed by atoms with van der Waals surface area (Å²) in [6.45, 7) is 9.95. The number of rotatable bonds is 2. The minimum Gasteiger partial charge on any atom is -0.504 e. The maximum atomic E-state index is 10.2. The molecule has 0 unspecified atom stereocenters. The second-order valence-corrected chi connectivity index (χ2v) is 6.43. The van der Waals surface area contributed by atoms with Gasteiger partial charge in [0.15, 0.2) is 11.5 Å². The number of aromatic hydroxyl groups is 3. The molecule has 0 radical (unpaired) electrons. The number of nitrogens with one attached hydrogen (secondary N) is 1. The van der Waals surface area contributed by atoms with Crippen molar-refractivity contribution < 1.29 is 15.3 Å². The Morgan fingerprint density at radius 1 is 1.05 bits per heavy atom. The SMILES string of the molecule is CC(C)(C)[C@@H](c1ccc(O)c(O)c1O)N1CCNCC1. The van der Waals surface area contributed by atoms with Crippen molar-refractivity contribution in [3.8, 4) is 17.2 Å². The van der Waals surface area contributed by atoms with Crippen molar-refractivity contribution in [2.45, 2.75) is 26.8 Å². The monoisotopic (exact) mass is 280 g/mol. The van der Waals surface area contributed by atoms with E-state index in [1.807, 2.05) is 0 Å². The molecule has 1 saturated heterocycles. The molecule has 1 fully saturated rings. The molecule has 0 bridgehead atoms. The highest BCUT2D eigenvalue weighted by molar-refractivity contribution is 5.54. The van der Waals surface area contributed by atoms with Crippen LogP contribution in [0, 0.1) is 5.41 Å². The summed E-state index contributed by atoms with van der Waals surface area (Å²) in [6, 6.07) is 3.12. The number of hydrogen-bond donors (Lipinski definition) is 4. The first-order valence-electron chi connectivity index (χ1n) is 7.01. The van der Waals surface area contributed by atoms with Crippen LogP contribution in [0.3, 0.4) is 0 Å². The van der Waals surface area contributed by atoms with E-state index in [4.69, 9.17) is 0 Å². The lowest BCUT2D eigenvalue weighted by Crippen LogP contribution is -2.48. The summed E-state index contributed by atoms with van der Waals surface area (Å²) in [7, 11) is 0. The zero-order valence-corrected chi connectivity index (χ0v) is 12.3. The summed E-state index contributed by atoms with van der Waals surface area (Å²) < 4.78 is 0. The van der Waals surface area contributed by atoms with Crippen LogP contribution in [0.15, 0.2) is 12.1 Å². The topological polar surface area (TPSA) is 76.0 Å². The van der Waals surface area contributed by atoms with Gasteiger partial charge in [-0.25, -0.2) is 0 Å². The number of hydrogen-bond acceptors (Lipinski definition) is 5. The van der Waals surface area contributed by atoms with Gasteiger partial charge in [0, 0.05) is 37.8 Å². The number of benzene rings is 1. The first-order chi connectivity index (χ1) is 9.32. The van der Waals surface area contributed by atoms with Crippen LogP contribution in [0.2, 0.25) is 0 Å². The molecule has 5 nitrogen and oxygen atoms in total. The van der Waals surface area contributed by atoms with Crippen LogP contribution in [0.1, 0.15) is 32.4 Å². The molecule has 1 heterocycles. The number of piperazine rings is 1. The molecular formula is C15H24N2O3. The van der Waals surface area contributed by atoms with Crippen LogP contribution in [0.4, 0.5) is 0 Å². The molecule has 2 rings (SSSR count). The molecule has 112 valence electrons. The van der Waals surface area contributed by atoms with E-state index in [-0.39, 0.29) is 23.0 Å². The van der Waals surface area contributed by atoms with Crippen molar-refractivity contribution >= 4 is 0 Å². The van der Waals surface area contributed by atoms with Crippen molar-refractivity contribution in [1.29, 1.82) is 0 Å². The van der Waals surface area contributed by atoms with Gasteiger partial charge in [0.05, 0.1) is 0 Å². The van der Waals surface area contributed by atoms with Crippen LogP contribution >= 0.6 is 0 Å². The molecule has 0 amide bonds. The molecule has 1 aromatic carbocycles. The van der Waals surface area contributed by atoms with E-state index in [1.165, 1.54) is 6.07 Å². The van der Waals surface area contributed by atoms with Crippen LogP contribution in [0.25, 0.3) is 0 Å². The largest absolute Gasteiger partial charge is 0.504 e. The van der Waals surface area contributed by atoms with Gasteiger partial charge in [-0.1, -0.05) is 20.8 Å². The molecule has 1 aromatic rings. The lowest BCUT2D eigenvalue weighted by molar-refractivity contribution is 0.0838. The van der Waals surface area contributed by atoms with Gasteiger partial charge in [-0.15, -0.1) is 0 Å². The van der Waals surface area contributed by atoms with Gasteiger partial charge in [-0.3, -0.25) is 4.90 Å². The summed E-state index contributed by atoms with van der Waals surface area (Å²) in [4.78, 5) is 2.31. The third kappa shape index (κ3) is 2.83. The quantitative estimate of drug-likeness (QED) is 0.622. The van der Waals surface area contributed by atoms with Gasteiger partial charge in [-0.2, -0.15) is 0 Å². The molecule has 5 heteroatoms. The minimum atomic E-state index is -0.438. The lowest BCUT2D eigenvalue weighted by Gasteiger charge is -2.42. The van der Waals surface area contributed by atoms with Crippen molar-refractivity contribution in [1.82, 2.24) is 10.2 Å². The Bertz CT molecular complexity index is 477. The Kier molecular flexibility index (Phi) is 4.11. The van der Waals surface area contributed by atoms with Crippen LogP contribution in [-0.2, 0) is 0 Å². The van der Waals surface area contributed by atoms with Gasteiger partial charge in [0.2, 0.25) is 5.75 Å². The molecular weight excluding hydrogens is 256 g/mol. The van der Waals surface area contributed by atoms with Gasteiger partial charge in [-0.05, 0) is 17.5 Å². The van der Waals surface area contributed by atoms with Gasteiger partial charge in [0.1, 0.15) is 0 Å². The molecule has 1 atom stereocenters. The summed E-state index contributed by atoms with van der Waals surface area (Å²) >= 11 is 0. The number of phenols is 3. The van der Waals surface area contributed by atoms with Crippen LogP contribution in [0.5, 0.6) is 17.2 Å². The third-order valence-electron chi connectivity index (χ3n) is 3.79. The Hall–Kier alpha value is -1.46. The van der Waals surface area contributed by atoms with Crippen molar-refractivity contribution in [2.75, 3.05) is 26.2 Å². The molecule has 0 aliphatic carbocycles. The predicted octanol–water partition coefficient (Wildman–Crippen LogP) is 1.80. The van der Waals surface area contributed by atoms with Crippen LogP contribution in [-0.4, -0.2) is 46.4 Å². The van der Waals surface area contributed by atoms with E-state index >= 15 is 0 Å². The fourth-order valence-corrected chi connectivity index (χ4v) is 2.96. The van der Waals surface area contributed by atoms with Crippen molar-refractivity contribution in [3.63, 3.8) is 0 Å². The predicted molar refractivity (Wildman–Crippen MR) is 78.1 cm³/mol. The van der Waals surface area contributed by atoms with Gasteiger partial charge >= 0.3 is 0 Å². The first kappa shape index (κ1) is 14.9. The summed E-state index contributed by atoms with van der Waals surface area (Å²) in [6.07, 6.45) is 0. The zero-order valence-electron chi connectivity index (χ0n) is 12.3. The lowest BCUT2D eigenvalue weighted by atomic mass is 9.80. The highest BCUT2D eigenvalue weighted by Crippen LogP contribution is 2.46. The van der Waals surface area contributed by atoms with E-state index in [0.29, 0.717) is 5.56 Å². The number of nitrogens with zero attached hydrogens (tertiary/aromatic N) is 1. The summed E-state index contributed by atoms with van der Waals surface area (Å²) in [5.41, 5.74) is 0.563. The summed E-state index contributed by atoms with van der Waals surface area (Å²) in [5, 5.41) is 32.8. The first-order valence-corrected chi connectivity index (χ1v) is 7.01. The second kappa shape index (κ2) is 5.50. The standard InChI is InChI=1S/C15H24N2O3/c1-15(2,3)14(17-8-6-16-7-9-17)10-4-5-11(18)13(20)12(10)19/h4-5,14,16,18-20H,6-9H2,1-3H3/t14-/m1/s1. The maximum Gasteiger partial charge on any atom is 0.200 e. The Morgan fingerprint density at radius 2 is 1.65 bits per heavy atom. The molecule has 0 spiro atoms. The van der Waals surface area contributed by atoms with E-state index in [9.17, 15) is 15.3 Å². The maximum absolute atomic E-state index is 10.2. The van der Waals surface area contributed by atoms with E-state index in [2.05, 4.69) is 31.0 Å². The normalized spacial score (nSPS) is 18.9. The van der Waals surface area contributed by atoms with Crippen molar-refractivity contribution in [2.24, 2.45) is 5.41 Å². The Labute approximate surface area is 119 Å². The van der Waals surface area contributed by atoms with E-state index < -0.39 is 5.75 Å². The molecule has 4 N–H and O–H groups in total. The highest BCUT2D eigenvalue weighted by Gasteiger charge is 2.35. The molecule has 20 heavy (non-hydrogen) atoms. The smallest absolute Gasteiger partial charge is 0.200 e. The van der Waals surface area contributed by atoms with Gasteiger partial charge < -0.3 is 20.6 Å². The van der Waals surface area contributed by atoms with Gasteiger partial charge in [0.25, 0.3) is 0 Å². The minimum absolute atomic E-state index is 0.0175. The fraction of sp³-hybridized carbons (Fsp3) is 0.600. The molecule has 0 aromatic heterocycles. The fourth-order valence-electron chi connectivity index (χ4n) is 2.96. The average molecular weight is 280 g/mol.